The Hall–Kier alpha value is -1.35. The molecule has 2 heterocycles. The summed E-state index contributed by atoms with van der Waals surface area (Å²) in [6.45, 7) is 0.741. The van der Waals surface area contributed by atoms with Gasteiger partial charge in [-0.1, -0.05) is 25.3 Å². The number of imidazole rings is 1. The van der Waals surface area contributed by atoms with Crippen LogP contribution in [0.4, 0.5) is 0 Å². The van der Waals surface area contributed by atoms with E-state index in [1.807, 2.05) is 0 Å². The number of hydrogen-bond acceptors (Lipinski definition) is 2. The molecule has 3 rings (SSSR count). The van der Waals surface area contributed by atoms with Crippen molar-refractivity contribution in [1.82, 2.24) is 9.38 Å². The summed E-state index contributed by atoms with van der Waals surface area (Å²) in [6, 6.07) is 6.40. The van der Waals surface area contributed by atoms with Gasteiger partial charge in [0.15, 0.2) is 0 Å². The van der Waals surface area contributed by atoms with Gasteiger partial charge in [0.2, 0.25) is 0 Å². The lowest BCUT2D eigenvalue weighted by molar-refractivity contribution is 0.427. The van der Waals surface area contributed by atoms with E-state index in [1.54, 1.807) is 0 Å². The second kappa shape index (κ2) is 5.74. The number of fused-ring (bicyclic) bond motifs is 1. The number of nitrogens with zero attached hydrogens (tertiary/aromatic N) is 2. The third kappa shape index (κ3) is 2.52. The summed E-state index contributed by atoms with van der Waals surface area (Å²) < 4.78 is 2.31. The van der Waals surface area contributed by atoms with Crippen molar-refractivity contribution < 1.29 is 0 Å². The Morgan fingerprint density at radius 3 is 2.84 bits per heavy atom. The van der Waals surface area contributed by atoms with Crippen molar-refractivity contribution in [3.05, 3.63) is 35.9 Å². The Morgan fingerprint density at radius 1 is 1.21 bits per heavy atom. The molecule has 102 valence electrons. The molecule has 19 heavy (non-hydrogen) atoms. The molecule has 0 spiro atoms. The molecular formula is C16H23N3. The molecule has 1 saturated carbocycles. The molecule has 2 N–H and O–H groups in total. The molecule has 2 aromatic heterocycles. The lowest BCUT2D eigenvalue weighted by atomic mass is 9.89. The lowest BCUT2D eigenvalue weighted by Crippen LogP contribution is -2.08. The van der Waals surface area contributed by atoms with Crippen LogP contribution in [-0.2, 0) is 6.42 Å². The van der Waals surface area contributed by atoms with Crippen LogP contribution in [0.5, 0.6) is 0 Å². The largest absolute Gasteiger partial charge is 0.330 e. The van der Waals surface area contributed by atoms with Crippen LogP contribution in [-0.4, -0.2) is 15.9 Å². The molecule has 0 saturated heterocycles. The third-order valence-corrected chi connectivity index (χ3v) is 4.24. The first-order valence-electron chi connectivity index (χ1n) is 7.56. The van der Waals surface area contributed by atoms with Gasteiger partial charge in [-0.3, -0.25) is 0 Å². The minimum atomic E-state index is 0.648. The first kappa shape index (κ1) is 12.7. The Bertz CT molecular complexity index is 538. The van der Waals surface area contributed by atoms with Gasteiger partial charge in [0.1, 0.15) is 5.82 Å². The van der Waals surface area contributed by atoms with E-state index in [0.717, 1.165) is 19.4 Å². The Labute approximate surface area is 114 Å². The molecule has 3 nitrogen and oxygen atoms in total. The molecule has 1 fully saturated rings. The van der Waals surface area contributed by atoms with Crippen molar-refractivity contribution in [3.63, 3.8) is 0 Å². The van der Waals surface area contributed by atoms with Crippen molar-refractivity contribution in [2.45, 2.75) is 50.9 Å². The third-order valence-electron chi connectivity index (χ3n) is 4.24. The van der Waals surface area contributed by atoms with E-state index in [9.17, 15) is 0 Å². The Morgan fingerprint density at radius 2 is 2.05 bits per heavy atom. The standard InChI is InChI=1S/C16H23N3/c17-11-6-9-14-15-10-4-5-12-19(15)16(18-14)13-7-2-1-3-8-13/h4-5,10,12-13H,1-3,6-9,11,17H2. The summed E-state index contributed by atoms with van der Waals surface area (Å²) in [4.78, 5) is 4.96. The fraction of sp³-hybridized carbons (Fsp3) is 0.562. The zero-order valence-corrected chi connectivity index (χ0v) is 11.5. The number of nitrogens with two attached hydrogens (primary N) is 1. The van der Waals surface area contributed by atoms with Gasteiger partial charge in [-0.05, 0) is 44.4 Å². The predicted octanol–water partition coefficient (Wildman–Crippen LogP) is 3.27. The maximum Gasteiger partial charge on any atom is 0.116 e. The van der Waals surface area contributed by atoms with Crippen molar-refractivity contribution in [1.29, 1.82) is 0 Å². The highest BCUT2D eigenvalue weighted by Gasteiger charge is 2.21. The minimum absolute atomic E-state index is 0.648. The molecule has 0 bridgehead atoms. The summed E-state index contributed by atoms with van der Waals surface area (Å²) in [6.07, 6.45) is 10.9. The normalized spacial score (nSPS) is 17.1. The molecule has 0 unspecified atom stereocenters. The van der Waals surface area contributed by atoms with E-state index < -0.39 is 0 Å². The topological polar surface area (TPSA) is 43.3 Å². The van der Waals surface area contributed by atoms with Gasteiger partial charge in [-0.2, -0.15) is 0 Å². The summed E-state index contributed by atoms with van der Waals surface area (Å²) in [5.41, 5.74) is 8.14. The molecule has 0 amide bonds. The molecule has 1 aliphatic rings. The van der Waals surface area contributed by atoms with Crippen molar-refractivity contribution in [2.75, 3.05) is 6.54 Å². The van der Waals surface area contributed by atoms with Crippen LogP contribution in [0.1, 0.15) is 56.0 Å². The molecule has 3 heteroatoms. The first-order valence-corrected chi connectivity index (χ1v) is 7.56. The molecular weight excluding hydrogens is 234 g/mol. The average Bonchev–Trinajstić information content (AvgIpc) is 2.85. The predicted molar refractivity (Wildman–Crippen MR) is 78.4 cm³/mol. The van der Waals surface area contributed by atoms with Crippen molar-refractivity contribution in [2.24, 2.45) is 5.73 Å². The summed E-state index contributed by atoms with van der Waals surface area (Å²) in [5, 5.41) is 0. The van der Waals surface area contributed by atoms with E-state index in [0.29, 0.717) is 5.92 Å². The fourth-order valence-corrected chi connectivity index (χ4v) is 3.23. The smallest absolute Gasteiger partial charge is 0.116 e. The number of pyridine rings is 1. The minimum Gasteiger partial charge on any atom is -0.330 e. The maximum atomic E-state index is 5.64. The van der Waals surface area contributed by atoms with E-state index in [1.165, 1.54) is 49.1 Å². The van der Waals surface area contributed by atoms with Crippen LogP contribution in [0.25, 0.3) is 5.52 Å². The number of aromatic nitrogens is 2. The molecule has 0 radical (unpaired) electrons. The van der Waals surface area contributed by atoms with Crippen LogP contribution in [0, 0.1) is 0 Å². The van der Waals surface area contributed by atoms with Gasteiger partial charge in [0.05, 0.1) is 11.2 Å². The fourth-order valence-electron chi connectivity index (χ4n) is 3.23. The molecule has 1 aliphatic carbocycles. The average molecular weight is 257 g/mol. The zero-order chi connectivity index (χ0) is 13.1. The van der Waals surface area contributed by atoms with Crippen LogP contribution in [0.2, 0.25) is 0 Å². The summed E-state index contributed by atoms with van der Waals surface area (Å²) in [7, 11) is 0. The van der Waals surface area contributed by atoms with Gasteiger partial charge < -0.3 is 10.1 Å². The quantitative estimate of drug-likeness (QED) is 0.913. The number of rotatable bonds is 4. The van der Waals surface area contributed by atoms with Gasteiger partial charge in [0.25, 0.3) is 0 Å². The van der Waals surface area contributed by atoms with Gasteiger partial charge in [-0.25, -0.2) is 4.98 Å². The van der Waals surface area contributed by atoms with Crippen molar-refractivity contribution >= 4 is 5.52 Å². The summed E-state index contributed by atoms with van der Waals surface area (Å²) >= 11 is 0. The van der Waals surface area contributed by atoms with E-state index >= 15 is 0 Å². The highest BCUT2D eigenvalue weighted by Crippen LogP contribution is 2.33. The van der Waals surface area contributed by atoms with Gasteiger partial charge >= 0.3 is 0 Å². The van der Waals surface area contributed by atoms with E-state index in [-0.39, 0.29) is 0 Å². The van der Waals surface area contributed by atoms with Crippen LogP contribution < -0.4 is 5.73 Å². The van der Waals surface area contributed by atoms with Gasteiger partial charge in [-0.15, -0.1) is 0 Å². The summed E-state index contributed by atoms with van der Waals surface area (Å²) in [5.74, 6) is 1.93. The van der Waals surface area contributed by atoms with E-state index in [2.05, 4.69) is 28.8 Å². The molecule has 0 aliphatic heterocycles. The highest BCUT2D eigenvalue weighted by molar-refractivity contribution is 5.53. The highest BCUT2D eigenvalue weighted by atomic mass is 15.0. The maximum absolute atomic E-state index is 5.64. The Kier molecular flexibility index (Phi) is 3.83. The lowest BCUT2D eigenvalue weighted by Gasteiger charge is -2.20. The Balaban J connectivity index is 1.98. The second-order valence-corrected chi connectivity index (χ2v) is 5.60. The SMILES string of the molecule is NCCCc1nc(C2CCCCC2)n2ccccc12. The van der Waals surface area contributed by atoms with Crippen LogP contribution in [0.3, 0.4) is 0 Å². The molecule has 2 aromatic rings. The monoisotopic (exact) mass is 257 g/mol. The molecule has 0 aromatic carbocycles. The number of aryl methyl sites for hydroxylation is 1. The van der Waals surface area contributed by atoms with Crippen LogP contribution >= 0.6 is 0 Å². The van der Waals surface area contributed by atoms with Crippen molar-refractivity contribution in [3.8, 4) is 0 Å². The number of hydrogen-bond donors (Lipinski definition) is 1. The first-order chi connectivity index (χ1) is 9.40. The van der Waals surface area contributed by atoms with Gasteiger partial charge in [0, 0.05) is 12.1 Å². The second-order valence-electron chi connectivity index (χ2n) is 5.60. The van der Waals surface area contributed by atoms with Crippen LogP contribution in [0.15, 0.2) is 24.4 Å². The molecule has 0 atom stereocenters. The van der Waals surface area contributed by atoms with E-state index in [4.69, 9.17) is 10.7 Å². The zero-order valence-electron chi connectivity index (χ0n) is 11.5.